The quantitative estimate of drug-likeness (QED) is 0.683. The molecule has 26 heavy (non-hydrogen) atoms. The predicted octanol–water partition coefficient (Wildman–Crippen LogP) is 3.92. The number of hydrogen-bond acceptors (Lipinski definition) is 6. The number of benzene rings is 1. The molecule has 1 aliphatic heterocycles. The van der Waals surface area contributed by atoms with Gasteiger partial charge in [0, 0.05) is 30.8 Å². The number of allylic oxidation sites excluding steroid dienone is 1. The highest BCUT2D eigenvalue weighted by Crippen LogP contribution is 2.31. The first kappa shape index (κ1) is 16.7. The van der Waals surface area contributed by atoms with Gasteiger partial charge in [-0.1, -0.05) is 18.2 Å². The Labute approximate surface area is 151 Å². The van der Waals surface area contributed by atoms with E-state index in [1.54, 1.807) is 13.1 Å². The Hall–Kier alpha value is -2.80. The average Bonchev–Trinajstić information content (AvgIpc) is 3.07. The average molecular weight is 350 g/mol. The molecule has 0 spiro atoms. The molecule has 7 heteroatoms. The normalized spacial score (nSPS) is 16.3. The van der Waals surface area contributed by atoms with Crippen molar-refractivity contribution in [3.05, 3.63) is 48.2 Å². The van der Waals surface area contributed by atoms with Crippen LogP contribution in [0.1, 0.15) is 31.6 Å². The molecule has 1 aliphatic rings. The van der Waals surface area contributed by atoms with Gasteiger partial charge in [0.15, 0.2) is 0 Å². The summed E-state index contributed by atoms with van der Waals surface area (Å²) in [5.41, 5.74) is 10.7. The summed E-state index contributed by atoms with van der Waals surface area (Å²) < 4.78 is 7.92. The van der Waals surface area contributed by atoms with Gasteiger partial charge in [-0.05, 0) is 25.8 Å². The van der Waals surface area contributed by atoms with Crippen molar-refractivity contribution in [2.45, 2.75) is 32.4 Å². The summed E-state index contributed by atoms with van der Waals surface area (Å²) in [5.74, 6) is 0.971. The second-order valence-electron chi connectivity index (χ2n) is 6.53. The number of aromatic nitrogens is 3. The number of fused-ring (bicyclic) bond motifs is 3. The zero-order valence-corrected chi connectivity index (χ0v) is 14.8. The number of rotatable bonds is 5. The number of nitrogens with zero attached hydrogens (tertiary/aromatic N) is 4. The summed E-state index contributed by atoms with van der Waals surface area (Å²) in [6, 6.07) is 8.57. The molecular formula is C19H22N6O. The van der Waals surface area contributed by atoms with Gasteiger partial charge in [0.1, 0.15) is 11.3 Å². The summed E-state index contributed by atoms with van der Waals surface area (Å²) >= 11 is 0. The summed E-state index contributed by atoms with van der Waals surface area (Å²) in [6.07, 6.45) is 5.56. The minimum atomic E-state index is 0.363. The third kappa shape index (κ3) is 3.06. The summed E-state index contributed by atoms with van der Waals surface area (Å²) in [5, 5.41) is 7.77. The molecule has 7 nitrogen and oxygen atoms in total. The molecule has 1 saturated heterocycles. The smallest absolute Gasteiger partial charge is 0.129 e. The Balaban J connectivity index is 1.84. The van der Waals surface area contributed by atoms with Crippen LogP contribution in [0.5, 0.6) is 0 Å². The lowest BCUT2D eigenvalue weighted by Crippen LogP contribution is -2.23. The number of para-hydroxylation sites is 1. The van der Waals surface area contributed by atoms with Gasteiger partial charge in [-0.25, -0.2) is 10.5 Å². The lowest BCUT2D eigenvalue weighted by molar-refractivity contribution is 0.0698. The van der Waals surface area contributed by atoms with Crippen LogP contribution in [0, 0.1) is 5.53 Å². The molecule has 0 atom stereocenters. The first-order valence-electron chi connectivity index (χ1n) is 8.88. The first-order chi connectivity index (χ1) is 12.8. The maximum atomic E-state index is 7.05. The molecule has 0 unspecified atom stereocenters. The molecule has 0 radical (unpaired) electrons. The van der Waals surface area contributed by atoms with Gasteiger partial charge in [-0.3, -0.25) is 4.98 Å². The van der Waals surface area contributed by atoms with Crippen molar-refractivity contribution in [1.29, 1.82) is 5.53 Å². The molecule has 3 aromatic rings. The minimum Gasteiger partial charge on any atom is -0.382 e. The summed E-state index contributed by atoms with van der Waals surface area (Å²) in [7, 11) is 0. The fraction of sp³-hybridized carbons (Fsp3) is 0.368. The van der Waals surface area contributed by atoms with E-state index >= 15 is 0 Å². The van der Waals surface area contributed by atoms with Crippen molar-refractivity contribution in [2.75, 3.05) is 13.2 Å². The van der Waals surface area contributed by atoms with Crippen LogP contribution in [0.15, 0.2) is 47.5 Å². The van der Waals surface area contributed by atoms with Crippen LogP contribution < -0.4 is 5.32 Å². The van der Waals surface area contributed by atoms with Gasteiger partial charge in [0.05, 0.1) is 29.5 Å². The SMILES string of the molecule is C/C(=C/NCc1nc2cnc3ccccc3c2n1C1CCOCC1)N=N. The highest BCUT2D eigenvalue weighted by molar-refractivity contribution is 6.02. The van der Waals surface area contributed by atoms with Crippen LogP contribution in [0.25, 0.3) is 21.9 Å². The van der Waals surface area contributed by atoms with Crippen molar-refractivity contribution in [1.82, 2.24) is 19.9 Å². The van der Waals surface area contributed by atoms with E-state index in [1.807, 2.05) is 24.4 Å². The standard InChI is InChI=1S/C19H22N6O/c1-13(24-20)10-21-12-18-23-17-11-22-16-5-3-2-4-15(16)19(17)25(18)14-6-8-26-9-7-14/h2-5,10-11,14,20-21H,6-9,12H2,1H3/b13-10-,24-20?. The highest BCUT2D eigenvalue weighted by atomic mass is 16.5. The number of nitrogens with one attached hydrogen (secondary N) is 2. The predicted molar refractivity (Wildman–Crippen MR) is 99.9 cm³/mol. The largest absolute Gasteiger partial charge is 0.382 e. The van der Waals surface area contributed by atoms with Crippen molar-refractivity contribution < 1.29 is 4.74 Å². The zero-order chi connectivity index (χ0) is 17.9. The molecule has 3 heterocycles. The number of hydrogen-bond donors (Lipinski definition) is 2. The molecule has 0 saturated carbocycles. The van der Waals surface area contributed by atoms with Gasteiger partial charge >= 0.3 is 0 Å². The monoisotopic (exact) mass is 350 g/mol. The van der Waals surface area contributed by atoms with Gasteiger partial charge in [-0.15, -0.1) is 0 Å². The topological polar surface area (TPSA) is 88.2 Å². The molecule has 0 bridgehead atoms. The van der Waals surface area contributed by atoms with Crippen molar-refractivity contribution in [3.8, 4) is 0 Å². The number of pyridine rings is 1. The van der Waals surface area contributed by atoms with E-state index in [4.69, 9.17) is 15.3 Å². The van der Waals surface area contributed by atoms with Crippen LogP contribution >= 0.6 is 0 Å². The molecule has 0 aliphatic carbocycles. The van der Waals surface area contributed by atoms with E-state index in [0.717, 1.165) is 53.8 Å². The Morgan fingerprint density at radius 3 is 2.96 bits per heavy atom. The summed E-state index contributed by atoms with van der Waals surface area (Å²) in [6.45, 7) is 3.92. The van der Waals surface area contributed by atoms with E-state index in [-0.39, 0.29) is 0 Å². The molecule has 134 valence electrons. The van der Waals surface area contributed by atoms with Gasteiger partial charge < -0.3 is 14.6 Å². The van der Waals surface area contributed by atoms with E-state index in [1.165, 1.54) is 0 Å². The second-order valence-corrected chi connectivity index (χ2v) is 6.53. The molecule has 2 N–H and O–H groups in total. The van der Waals surface area contributed by atoms with Crippen LogP contribution in [0.2, 0.25) is 0 Å². The Bertz CT molecular complexity index is 971. The fourth-order valence-electron chi connectivity index (χ4n) is 3.56. The third-order valence-corrected chi connectivity index (χ3v) is 4.80. The maximum absolute atomic E-state index is 7.05. The third-order valence-electron chi connectivity index (χ3n) is 4.80. The first-order valence-corrected chi connectivity index (χ1v) is 8.88. The van der Waals surface area contributed by atoms with Crippen LogP contribution in [-0.2, 0) is 11.3 Å². The number of imidazole rings is 1. The van der Waals surface area contributed by atoms with Gasteiger partial charge in [0.25, 0.3) is 0 Å². The van der Waals surface area contributed by atoms with Gasteiger partial charge in [0.2, 0.25) is 0 Å². The Morgan fingerprint density at radius 1 is 1.35 bits per heavy atom. The van der Waals surface area contributed by atoms with Crippen molar-refractivity contribution in [3.63, 3.8) is 0 Å². The maximum Gasteiger partial charge on any atom is 0.129 e. The van der Waals surface area contributed by atoms with Crippen LogP contribution in [0.3, 0.4) is 0 Å². The van der Waals surface area contributed by atoms with E-state index in [9.17, 15) is 0 Å². The van der Waals surface area contributed by atoms with E-state index in [0.29, 0.717) is 18.3 Å². The molecule has 2 aromatic heterocycles. The molecule has 1 fully saturated rings. The van der Waals surface area contributed by atoms with Crippen LogP contribution in [-0.4, -0.2) is 27.7 Å². The number of ether oxygens (including phenoxy) is 1. The molecule has 0 amide bonds. The van der Waals surface area contributed by atoms with Crippen molar-refractivity contribution in [2.24, 2.45) is 5.11 Å². The van der Waals surface area contributed by atoms with Gasteiger partial charge in [-0.2, -0.15) is 5.11 Å². The Morgan fingerprint density at radius 2 is 2.15 bits per heavy atom. The molecular weight excluding hydrogens is 328 g/mol. The van der Waals surface area contributed by atoms with E-state index < -0.39 is 0 Å². The van der Waals surface area contributed by atoms with Crippen LogP contribution in [0.4, 0.5) is 0 Å². The van der Waals surface area contributed by atoms with Crippen molar-refractivity contribution >= 4 is 21.9 Å². The lowest BCUT2D eigenvalue weighted by atomic mass is 10.1. The minimum absolute atomic E-state index is 0.363. The fourth-order valence-corrected chi connectivity index (χ4v) is 3.56. The zero-order valence-electron chi connectivity index (χ0n) is 14.8. The second kappa shape index (κ2) is 7.21. The summed E-state index contributed by atoms with van der Waals surface area (Å²) in [4.78, 5) is 9.41. The Kier molecular flexibility index (Phi) is 4.62. The molecule has 1 aromatic carbocycles. The molecule has 4 rings (SSSR count). The lowest BCUT2D eigenvalue weighted by Gasteiger charge is -2.26. The van der Waals surface area contributed by atoms with E-state index in [2.05, 4.69) is 26.0 Å². The highest BCUT2D eigenvalue weighted by Gasteiger charge is 2.23.